The molecule has 120 valence electrons. The van der Waals surface area contributed by atoms with Crippen LogP contribution < -0.4 is 5.32 Å². The number of rotatable bonds is 4. The summed E-state index contributed by atoms with van der Waals surface area (Å²) < 4.78 is 0. The molecule has 22 heavy (non-hydrogen) atoms. The first-order chi connectivity index (χ1) is 10.6. The highest BCUT2D eigenvalue weighted by molar-refractivity contribution is 7.10. The second-order valence-electron chi connectivity index (χ2n) is 6.27. The van der Waals surface area contributed by atoms with E-state index in [0.717, 1.165) is 30.9 Å². The molecule has 1 aromatic rings. The maximum atomic E-state index is 12.9. The molecule has 2 fully saturated rings. The Labute approximate surface area is 135 Å². The molecular formula is C16H23N3O2S. The van der Waals surface area contributed by atoms with Gasteiger partial charge in [-0.15, -0.1) is 11.3 Å². The zero-order chi connectivity index (χ0) is 15.7. The Morgan fingerprint density at radius 2 is 2.32 bits per heavy atom. The van der Waals surface area contributed by atoms with Crippen molar-refractivity contribution in [3.05, 3.63) is 22.4 Å². The molecule has 0 bridgehead atoms. The second-order valence-corrected chi connectivity index (χ2v) is 7.25. The third-order valence-electron chi connectivity index (χ3n) is 4.83. The van der Waals surface area contributed by atoms with Gasteiger partial charge in [0.1, 0.15) is 0 Å². The monoisotopic (exact) mass is 321 g/mol. The summed E-state index contributed by atoms with van der Waals surface area (Å²) in [5, 5.41) is 5.19. The lowest BCUT2D eigenvalue weighted by molar-refractivity contribution is -0.135. The number of hydrogen-bond donors (Lipinski definition) is 1. The first-order valence-electron chi connectivity index (χ1n) is 7.84. The van der Waals surface area contributed by atoms with Crippen molar-refractivity contribution in [3.63, 3.8) is 0 Å². The van der Waals surface area contributed by atoms with E-state index in [9.17, 15) is 9.59 Å². The van der Waals surface area contributed by atoms with E-state index in [1.54, 1.807) is 16.2 Å². The van der Waals surface area contributed by atoms with Crippen LogP contribution >= 0.6 is 11.3 Å². The summed E-state index contributed by atoms with van der Waals surface area (Å²) in [5.41, 5.74) is 0. The molecule has 0 radical (unpaired) electrons. The number of hydrogen-bond acceptors (Lipinski definition) is 4. The van der Waals surface area contributed by atoms with Gasteiger partial charge in [0.05, 0.1) is 12.0 Å². The molecule has 0 aliphatic carbocycles. The zero-order valence-electron chi connectivity index (χ0n) is 13.1. The van der Waals surface area contributed by atoms with Crippen molar-refractivity contribution >= 4 is 23.2 Å². The van der Waals surface area contributed by atoms with Crippen LogP contribution in [0, 0.1) is 11.8 Å². The van der Waals surface area contributed by atoms with Gasteiger partial charge in [-0.2, -0.15) is 0 Å². The Bertz CT molecular complexity index is 546. The molecular weight excluding hydrogens is 298 g/mol. The number of nitrogens with zero attached hydrogens (tertiary/aromatic N) is 2. The van der Waals surface area contributed by atoms with Gasteiger partial charge in [-0.25, -0.2) is 0 Å². The highest BCUT2D eigenvalue weighted by Gasteiger charge is 2.45. The van der Waals surface area contributed by atoms with Crippen molar-refractivity contribution in [2.24, 2.45) is 11.8 Å². The predicted molar refractivity (Wildman–Crippen MR) is 86.6 cm³/mol. The highest BCUT2D eigenvalue weighted by Crippen LogP contribution is 2.40. The van der Waals surface area contributed by atoms with Gasteiger partial charge >= 0.3 is 0 Å². The molecule has 0 saturated carbocycles. The van der Waals surface area contributed by atoms with Crippen molar-refractivity contribution in [1.29, 1.82) is 0 Å². The molecule has 2 amide bonds. The fourth-order valence-electron chi connectivity index (χ4n) is 3.66. The topological polar surface area (TPSA) is 52.7 Å². The summed E-state index contributed by atoms with van der Waals surface area (Å²) >= 11 is 1.62. The standard InChI is InChI=1S/C16H23N3O2S/c1-17-9-11-5-6-19(10-11)16(21)12-8-14(20)18(2)15(12)13-4-3-7-22-13/h3-4,7,11-12,15,17H,5-6,8-10H2,1-2H3/t11-,12-,15-/m0/s1. The van der Waals surface area contributed by atoms with E-state index in [0.29, 0.717) is 12.3 Å². The third-order valence-corrected chi connectivity index (χ3v) is 5.77. The quantitative estimate of drug-likeness (QED) is 0.910. The molecule has 6 heteroatoms. The summed E-state index contributed by atoms with van der Waals surface area (Å²) in [6, 6.07) is 3.92. The fourth-order valence-corrected chi connectivity index (χ4v) is 4.60. The molecule has 3 atom stereocenters. The van der Waals surface area contributed by atoms with Gasteiger partial charge in [-0.1, -0.05) is 6.07 Å². The first-order valence-corrected chi connectivity index (χ1v) is 8.72. The molecule has 0 aromatic carbocycles. The summed E-state index contributed by atoms with van der Waals surface area (Å²) in [5.74, 6) is 0.519. The van der Waals surface area contributed by atoms with Crippen LogP contribution in [0.3, 0.4) is 0 Å². The van der Waals surface area contributed by atoms with Gasteiger partial charge in [0.2, 0.25) is 11.8 Å². The predicted octanol–water partition coefficient (Wildman–Crippen LogP) is 1.34. The second kappa shape index (κ2) is 6.38. The smallest absolute Gasteiger partial charge is 0.228 e. The van der Waals surface area contributed by atoms with Crippen LogP contribution in [0.5, 0.6) is 0 Å². The number of carbonyl (C=O) groups excluding carboxylic acids is 2. The van der Waals surface area contributed by atoms with Crippen LogP contribution in [-0.2, 0) is 9.59 Å². The molecule has 1 aromatic heterocycles. The number of likely N-dealkylation sites (tertiary alicyclic amines) is 2. The van der Waals surface area contributed by atoms with E-state index in [2.05, 4.69) is 5.32 Å². The van der Waals surface area contributed by atoms with E-state index in [1.165, 1.54) is 0 Å². The number of carbonyl (C=O) groups is 2. The zero-order valence-corrected chi connectivity index (χ0v) is 13.9. The van der Waals surface area contributed by atoms with Crippen molar-refractivity contribution < 1.29 is 9.59 Å². The lowest BCUT2D eigenvalue weighted by Gasteiger charge is -2.27. The minimum absolute atomic E-state index is 0.0720. The lowest BCUT2D eigenvalue weighted by atomic mass is 9.97. The van der Waals surface area contributed by atoms with Crippen LogP contribution in [0.4, 0.5) is 0 Å². The van der Waals surface area contributed by atoms with Crippen molar-refractivity contribution in [3.8, 4) is 0 Å². The summed E-state index contributed by atoms with van der Waals surface area (Å²) in [4.78, 5) is 29.9. The van der Waals surface area contributed by atoms with E-state index in [-0.39, 0.29) is 23.8 Å². The summed E-state index contributed by atoms with van der Waals surface area (Å²) in [7, 11) is 3.76. The average Bonchev–Trinajstić information content (AvgIpc) is 3.21. The molecule has 0 spiro atoms. The Morgan fingerprint density at radius 3 is 3.00 bits per heavy atom. The average molecular weight is 321 g/mol. The van der Waals surface area contributed by atoms with Gasteiger partial charge in [0.25, 0.3) is 0 Å². The normalized spacial score (nSPS) is 28.6. The number of amides is 2. The number of nitrogens with one attached hydrogen (secondary N) is 1. The van der Waals surface area contributed by atoms with Crippen molar-refractivity contribution in [2.75, 3.05) is 33.7 Å². The van der Waals surface area contributed by atoms with Crippen LogP contribution in [0.25, 0.3) is 0 Å². The van der Waals surface area contributed by atoms with Crippen LogP contribution in [0.2, 0.25) is 0 Å². The lowest BCUT2D eigenvalue weighted by Crippen LogP contribution is -2.37. The molecule has 2 saturated heterocycles. The van der Waals surface area contributed by atoms with Gasteiger partial charge in [-0.3, -0.25) is 9.59 Å². The molecule has 3 rings (SSSR count). The first kappa shape index (κ1) is 15.5. The Hall–Kier alpha value is -1.40. The highest BCUT2D eigenvalue weighted by atomic mass is 32.1. The third kappa shape index (κ3) is 2.77. The SMILES string of the molecule is CNC[C@@H]1CCN(C(=O)[C@H]2CC(=O)N(C)[C@@H]2c2cccs2)C1. The largest absolute Gasteiger partial charge is 0.342 e. The van der Waals surface area contributed by atoms with E-state index in [1.807, 2.05) is 36.5 Å². The minimum atomic E-state index is -0.232. The van der Waals surface area contributed by atoms with Crippen molar-refractivity contribution in [1.82, 2.24) is 15.1 Å². The fraction of sp³-hybridized carbons (Fsp3) is 0.625. The van der Waals surface area contributed by atoms with Crippen LogP contribution in [-0.4, -0.2) is 55.3 Å². The molecule has 2 aliphatic rings. The van der Waals surface area contributed by atoms with E-state index >= 15 is 0 Å². The van der Waals surface area contributed by atoms with Crippen molar-refractivity contribution in [2.45, 2.75) is 18.9 Å². The molecule has 2 aliphatic heterocycles. The molecule has 0 unspecified atom stereocenters. The van der Waals surface area contributed by atoms with Gasteiger partial charge < -0.3 is 15.1 Å². The molecule has 5 nitrogen and oxygen atoms in total. The van der Waals surface area contributed by atoms with Crippen LogP contribution in [0.1, 0.15) is 23.8 Å². The Morgan fingerprint density at radius 1 is 1.50 bits per heavy atom. The number of thiophene rings is 1. The van der Waals surface area contributed by atoms with E-state index in [4.69, 9.17) is 0 Å². The van der Waals surface area contributed by atoms with Gasteiger partial charge in [-0.05, 0) is 37.4 Å². The minimum Gasteiger partial charge on any atom is -0.342 e. The Balaban J connectivity index is 1.75. The van der Waals surface area contributed by atoms with Gasteiger partial charge in [0.15, 0.2) is 0 Å². The maximum absolute atomic E-state index is 12.9. The Kier molecular flexibility index (Phi) is 4.49. The van der Waals surface area contributed by atoms with Crippen LogP contribution in [0.15, 0.2) is 17.5 Å². The summed E-state index contributed by atoms with van der Waals surface area (Å²) in [6.45, 7) is 2.57. The summed E-state index contributed by atoms with van der Waals surface area (Å²) in [6.07, 6.45) is 1.39. The maximum Gasteiger partial charge on any atom is 0.228 e. The molecule has 1 N–H and O–H groups in total. The molecule has 3 heterocycles. The van der Waals surface area contributed by atoms with E-state index < -0.39 is 0 Å². The van der Waals surface area contributed by atoms with Gasteiger partial charge in [0, 0.05) is 31.4 Å².